The van der Waals surface area contributed by atoms with Crippen LogP contribution in [-0.2, 0) is 10.0 Å². The first kappa shape index (κ1) is 19.2. The number of carbonyl (C=O) groups excluding carboxylic acids is 1. The molecule has 1 N–H and O–H groups in total. The zero-order valence-corrected chi connectivity index (χ0v) is 16.2. The first-order valence-electron chi connectivity index (χ1n) is 8.25. The minimum absolute atomic E-state index is 0.0110. The summed E-state index contributed by atoms with van der Waals surface area (Å²) in [4.78, 5) is 12.5. The minimum atomic E-state index is -3.78. The Morgan fingerprint density at radius 2 is 1.62 bits per heavy atom. The van der Waals surface area contributed by atoms with Gasteiger partial charge in [-0.05, 0) is 37.1 Å². The Labute approximate surface area is 163 Å². The molecule has 1 heterocycles. The molecule has 1 fully saturated rings. The normalized spacial score (nSPS) is 15.6. The number of amides is 1. The van der Waals surface area contributed by atoms with Crippen LogP contribution in [0.4, 0.5) is 5.69 Å². The van der Waals surface area contributed by atoms with E-state index in [1.54, 1.807) is 24.3 Å². The van der Waals surface area contributed by atoms with E-state index in [1.807, 2.05) is 6.07 Å². The molecular weight excluding hydrogens is 395 g/mol. The number of hydrogen-bond donors (Lipinski definition) is 1. The van der Waals surface area contributed by atoms with Crippen LogP contribution in [0, 0.1) is 0 Å². The second kappa shape index (κ2) is 7.96. The van der Waals surface area contributed by atoms with Gasteiger partial charge in [-0.15, -0.1) is 0 Å². The third kappa shape index (κ3) is 4.04. The fourth-order valence-corrected chi connectivity index (χ4v) is 5.22. The summed E-state index contributed by atoms with van der Waals surface area (Å²) in [5.74, 6) is -0.493. The van der Waals surface area contributed by atoms with Gasteiger partial charge in [0.25, 0.3) is 5.91 Å². The van der Waals surface area contributed by atoms with Crippen molar-refractivity contribution in [3.8, 4) is 0 Å². The number of anilines is 1. The van der Waals surface area contributed by atoms with Gasteiger partial charge in [-0.1, -0.05) is 47.8 Å². The molecule has 5 nitrogen and oxygen atoms in total. The SMILES string of the molecule is O=C(Nc1ccccc1)c1cc(S(=O)(=O)N2CCCCC2)c(Cl)cc1Cl. The Balaban J connectivity index is 1.95. The molecule has 1 aliphatic rings. The number of piperidine rings is 1. The second-order valence-electron chi connectivity index (χ2n) is 6.05. The van der Waals surface area contributed by atoms with E-state index in [0.29, 0.717) is 18.8 Å². The number of nitrogens with one attached hydrogen (secondary N) is 1. The van der Waals surface area contributed by atoms with Gasteiger partial charge in [0.15, 0.2) is 0 Å². The average molecular weight is 413 g/mol. The number of hydrogen-bond acceptors (Lipinski definition) is 3. The first-order valence-corrected chi connectivity index (χ1v) is 10.4. The van der Waals surface area contributed by atoms with Gasteiger partial charge < -0.3 is 5.32 Å². The molecule has 0 aromatic heterocycles. The number of benzene rings is 2. The van der Waals surface area contributed by atoms with Crippen LogP contribution in [0.15, 0.2) is 47.4 Å². The monoisotopic (exact) mass is 412 g/mol. The molecule has 0 saturated carbocycles. The highest BCUT2D eigenvalue weighted by Crippen LogP contribution is 2.32. The highest BCUT2D eigenvalue weighted by Gasteiger charge is 2.29. The van der Waals surface area contributed by atoms with E-state index in [0.717, 1.165) is 19.3 Å². The maximum Gasteiger partial charge on any atom is 0.257 e. The molecule has 0 bridgehead atoms. The van der Waals surface area contributed by atoms with Crippen molar-refractivity contribution in [3.63, 3.8) is 0 Å². The lowest BCUT2D eigenvalue weighted by molar-refractivity contribution is 0.102. The summed E-state index contributed by atoms with van der Waals surface area (Å²) in [5, 5.41) is 2.81. The number of halogens is 2. The third-order valence-corrected chi connectivity index (χ3v) is 6.91. The van der Waals surface area contributed by atoms with Crippen LogP contribution in [0.3, 0.4) is 0 Å². The third-order valence-electron chi connectivity index (χ3n) is 4.23. The fourth-order valence-electron chi connectivity index (χ4n) is 2.87. The molecule has 26 heavy (non-hydrogen) atoms. The Bertz CT molecular complexity index is 912. The van der Waals surface area contributed by atoms with Crippen LogP contribution in [0.5, 0.6) is 0 Å². The zero-order chi connectivity index (χ0) is 18.7. The largest absolute Gasteiger partial charge is 0.322 e. The summed E-state index contributed by atoms with van der Waals surface area (Å²) in [6.45, 7) is 0.902. The lowest BCUT2D eigenvalue weighted by Gasteiger charge is -2.26. The molecule has 8 heteroatoms. The standard InChI is InChI=1S/C18H18Cl2N2O3S/c19-15-12-16(20)17(26(24,25)22-9-5-2-6-10-22)11-14(15)18(23)21-13-7-3-1-4-8-13/h1,3-4,7-8,11-12H,2,5-6,9-10H2,(H,21,23). The summed E-state index contributed by atoms with van der Waals surface area (Å²) in [5.41, 5.74) is 0.652. The van der Waals surface area contributed by atoms with Crippen LogP contribution < -0.4 is 5.32 Å². The van der Waals surface area contributed by atoms with E-state index >= 15 is 0 Å². The molecule has 1 saturated heterocycles. The zero-order valence-electron chi connectivity index (χ0n) is 13.9. The molecule has 0 unspecified atom stereocenters. The number of carbonyl (C=O) groups is 1. The van der Waals surface area contributed by atoms with Crippen molar-refractivity contribution < 1.29 is 13.2 Å². The lowest BCUT2D eigenvalue weighted by atomic mass is 10.2. The maximum atomic E-state index is 12.9. The van der Waals surface area contributed by atoms with Crippen LogP contribution in [0.2, 0.25) is 10.0 Å². The van der Waals surface area contributed by atoms with Crippen molar-refractivity contribution in [2.45, 2.75) is 24.2 Å². The molecular formula is C18H18Cl2N2O3S. The van der Waals surface area contributed by atoms with E-state index < -0.39 is 15.9 Å². The van der Waals surface area contributed by atoms with E-state index in [4.69, 9.17) is 23.2 Å². The summed E-state index contributed by atoms with van der Waals surface area (Å²) >= 11 is 12.3. The predicted molar refractivity (Wildman–Crippen MR) is 103 cm³/mol. The van der Waals surface area contributed by atoms with Crippen LogP contribution in [0.1, 0.15) is 29.6 Å². The van der Waals surface area contributed by atoms with Gasteiger partial charge in [0, 0.05) is 18.8 Å². The summed E-state index contributed by atoms with van der Waals surface area (Å²) in [6.07, 6.45) is 2.63. The average Bonchev–Trinajstić information content (AvgIpc) is 2.63. The van der Waals surface area contributed by atoms with Crippen LogP contribution >= 0.6 is 23.2 Å². The van der Waals surface area contributed by atoms with E-state index in [1.165, 1.54) is 16.4 Å². The Kier molecular flexibility index (Phi) is 5.87. The number of rotatable bonds is 4. The van der Waals surface area contributed by atoms with Gasteiger partial charge in [0.2, 0.25) is 10.0 Å². The number of nitrogens with zero attached hydrogens (tertiary/aromatic N) is 1. The minimum Gasteiger partial charge on any atom is -0.322 e. The van der Waals surface area contributed by atoms with Gasteiger partial charge in [0.05, 0.1) is 15.6 Å². The maximum absolute atomic E-state index is 12.9. The van der Waals surface area contributed by atoms with Gasteiger partial charge in [-0.3, -0.25) is 4.79 Å². The molecule has 2 aromatic carbocycles. The van der Waals surface area contributed by atoms with Crippen LogP contribution in [-0.4, -0.2) is 31.7 Å². The van der Waals surface area contributed by atoms with Crippen LogP contribution in [0.25, 0.3) is 0 Å². The summed E-state index contributed by atoms with van der Waals surface area (Å²) < 4.78 is 27.2. The van der Waals surface area contributed by atoms with Crippen molar-refractivity contribution in [1.82, 2.24) is 4.31 Å². The van der Waals surface area contributed by atoms with E-state index in [-0.39, 0.29) is 20.5 Å². The summed E-state index contributed by atoms with van der Waals surface area (Å²) in [7, 11) is -3.78. The quantitative estimate of drug-likeness (QED) is 0.807. The fraction of sp³-hybridized carbons (Fsp3) is 0.278. The van der Waals surface area contributed by atoms with Crippen molar-refractivity contribution in [2.24, 2.45) is 0 Å². The van der Waals surface area contributed by atoms with Crippen molar-refractivity contribution in [2.75, 3.05) is 18.4 Å². The highest BCUT2D eigenvalue weighted by atomic mass is 35.5. The second-order valence-corrected chi connectivity index (χ2v) is 8.77. The molecule has 2 aromatic rings. The smallest absolute Gasteiger partial charge is 0.257 e. The Morgan fingerprint density at radius 3 is 2.27 bits per heavy atom. The van der Waals surface area contributed by atoms with E-state index in [9.17, 15) is 13.2 Å². The molecule has 3 rings (SSSR count). The summed E-state index contributed by atoms with van der Waals surface area (Å²) in [6, 6.07) is 11.4. The van der Waals surface area contributed by atoms with Gasteiger partial charge in [0.1, 0.15) is 4.90 Å². The van der Waals surface area contributed by atoms with Crippen molar-refractivity contribution in [3.05, 3.63) is 58.1 Å². The molecule has 0 aliphatic carbocycles. The van der Waals surface area contributed by atoms with Crippen molar-refractivity contribution >= 4 is 44.8 Å². The van der Waals surface area contributed by atoms with Gasteiger partial charge in [-0.2, -0.15) is 4.31 Å². The van der Waals surface area contributed by atoms with Gasteiger partial charge in [-0.25, -0.2) is 8.42 Å². The molecule has 1 aliphatic heterocycles. The Hall–Kier alpha value is -1.60. The molecule has 0 spiro atoms. The lowest BCUT2D eigenvalue weighted by Crippen LogP contribution is -2.35. The molecule has 1 amide bonds. The number of sulfonamides is 1. The van der Waals surface area contributed by atoms with E-state index in [2.05, 4.69) is 5.32 Å². The first-order chi connectivity index (χ1) is 12.4. The topological polar surface area (TPSA) is 66.5 Å². The highest BCUT2D eigenvalue weighted by molar-refractivity contribution is 7.89. The van der Waals surface area contributed by atoms with Gasteiger partial charge >= 0.3 is 0 Å². The molecule has 138 valence electrons. The Morgan fingerprint density at radius 1 is 0.962 bits per heavy atom. The molecule has 0 radical (unpaired) electrons. The molecule has 0 atom stereocenters. The predicted octanol–water partition coefficient (Wildman–Crippen LogP) is 4.42. The number of para-hydroxylation sites is 1. The van der Waals surface area contributed by atoms with Crippen molar-refractivity contribution in [1.29, 1.82) is 0 Å².